The second-order valence-electron chi connectivity index (χ2n) is 5.49. The van der Waals surface area contributed by atoms with Crippen molar-refractivity contribution >= 4 is 17.0 Å². The summed E-state index contributed by atoms with van der Waals surface area (Å²) in [5, 5.41) is 6.94. The van der Waals surface area contributed by atoms with Crippen molar-refractivity contribution in [1.82, 2.24) is 4.98 Å². The van der Waals surface area contributed by atoms with E-state index in [0.717, 1.165) is 16.6 Å². The molecule has 0 amide bonds. The van der Waals surface area contributed by atoms with E-state index in [0.29, 0.717) is 6.04 Å². The molecule has 2 nitrogen and oxygen atoms in total. The van der Waals surface area contributed by atoms with E-state index in [1.54, 1.807) is 11.3 Å². The summed E-state index contributed by atoms with van der Waals surface area (Å²) in [6, 6.07) is 9.27. The third-order valence-electron chi connectivity index (χ3n) is 3.99. The highest BCUT2D eigenvalue weighted by Crippen LogP contribution is 2.29. The monoisotopic (exact) mass is 272 g/mol. The molecule has 0 radical (unpaired) electrons. The van der Waals surface area contributed by atoms with E-state index >= 15 is 0 Å². The molecule has 2 unspecified atom stereocenters. The van der Waals surface area contributed by atoms with Crippen LogP contribution in [0.3, 0.4) is 0 Å². The molecule has 1 aromatic heterocycles. The minimum atomic E-state index is 0.632. The average molecular weight is 272 g/mol. The van der Waals surface area contributed by atoms with Crippen LogP contribution in [-0.2, 0) is 0 Å². The summed E-state index contributed by atoms with van der Waals surface area (Å²) in [5.74, 6) is 0.783. The third kappa shape index (κ3) is 2.81. The lowest BCUT2D eigenvalue weighted by Gasteiger charge is -2.19. The zero-order valence-electron chi connectivity index (χ0n) is 11.5. The Bertz CT molecular complexity index is 561. The maximum Gasteiger partial charge on any atom is 0.0901 e. The van der Waals surface area contributed by atoms with Gasteiger partial charge in [-0.15, -0.1) is 11.3 Å². The van der Waals surface area contributed by atoms with E-state index in [9.17, 15) is 0 Å². The molecule has 2 aromatic rings. The van der Waals surface area contributed by atoms with Crippen LogP contribution < -0.4 is 5.32 Å². The van der Waals surface area contributed by atoms with E-state index in [2.05, 4.69) is 53.8 Å². The zero-order chi connectivity index (χ0) is 13.2. The fraction of sp³-hybridized carbons (Fsp3) is 0.438. The number of anilines is 1. The van der Waals surface area contributed by atoms with Gasteiger partial charge in [-0.25, -0.2) is 4.98 Å². The largest absolute Gasteiger partial charge is 0.382 e. The Labute approximate surface area is 118 Å². The maximum atomic E-state index is 4.56. The molecule has 19 heavy (non-hydrogen) atoms. The van der Waals surface area contributed by atoms with Crippen LogP contribution in [-0.4, -0.2) is 11.0 Å². The van der Waals surface area contributed by atoms with Gasteiger partial charge in [-0.2, -0.15) is 0 Å². The number of thiazole rings is 1. The van der Waals surface area contributed by atoms with Crippen molar-refractivity contribution in [3.63, 3.8) is 0 Å². The molecule has 0 saturated heterocycles. The molecule has 1 aliphatic carbocycles. The highest BCUT2D eigenvalue weighted by molar-refractivity contribution is 7.09. The minimum absolute atomic E-state index is 0.632. The van der Waals surface area contributed by atoms with Gasteiger partial charge in [0.15, 0.2) is 0 Å². The second kappa shape index (κ2) is 5.33. The molecule has 1 heterocycles. The molecule has 1 N–H and O–H groups in total. The van der Waals surface area contributed by atoms with Gasteiger partial charge < -0.3 is 5.32 Å². The number of hydrogen-bond acceptors (Lipinski definition) is 3. The van der Waals surface area contributed by atoms with Crippen LogP contribution in [0, 0.1) is 12.8 Å². The van der Waals surface area contributed by atoms with Crippen LogP contribution in [0.4, 0.5) is 5.69 Å². The number of hydrogen-bond donors (Lipinski definition) is 1. The maximum absolute atomic E-state index is 4.56. The van der Waals surface area contributed by atoms with Gasteiger partial charge in [-0.05, 0) is 37.8 Å². The molecule has 3 heteroatoms. The topological polar surface area (TPSA) is 24.9 Å². The quantitative estimate of drug-likeness (QED) is 0.874. The van der Waals surface area contributed by atoms with E-state index in [-0.39, 0.29) is 0 Å². The summed E-state index contributed by atoms with van der Waals surface area (Å²) in [6.45, 7) is 4.40. The van der Waals surface area contributed by atoms with Crippen molar-refractivity contribution in [2.45, 2.75) is 39.2 Å². The summed E-state index contributed by atoms with van der Waals surface area (Å²) in [6.07, 6.45) is 3.99. The van der Waals surface area contributed by atoms with Gasteiger partial charge in [0.25, 0.3) is 0 Å². The highest BCUT2D eigenvalue weighted by atomic mass is 32.1. The molecule has 3 rings (SSSR count). The van der Waals surface area contributed by atoms with Crippen LogP contribution in [0.25, 0.3) is 11.3 Å². The molecular weight excluding hydrogens is 252 g/mol. The molecule has 1 fully saturated rings. The van der Waals surface area contributed by atoms with Gasteiger partial charge >= 0.3 is 0 Å². The molecule has 0 spiro atoms. The Kier molecular flexibility index (Phi) is 3.56. The Morgan fingerprint density at radius 3 is 2.89 bits per heavy atom. The van der Waals surface area contributed by atoms with Gasteiger partial charge in [0.05, 0.1) is 10.7 Å². The molecule has 2 atom stereocenters. The molecule has 1 aromatic carbocycles. The van der Waals surface area contributed by atoms with Crippen LogP contribution in [0.1, 0.15) is 31.2 Å². The lowest BCUT2D eigenvalue weighted by atomic mass is 10.1. The van der Waals surface area contributed by atoms with E-state index < -0.39 is 0 Å². The fourth-order valence-electron chi connectivity index (χ4n) is 2.84. The summed E-state index contributed by atoms with van der Waals surface area (Å²) in [5.41, 5.74) is 3.52. The Hall–Kier alpha value is -1.35. The first kappa shape index (κ1) is 12.7. The van der Waals surface area contributed by atoms with Crippen molar-refractivity contribution in [3.8, 4) is 11.3 Å². The summed E-state index contributed by atoms with van der Waals surface area (Å²) in [7, 11) is 0. The van der Waals surface area contributed by atoms with Crippen molar-refractivity contribution in [3.05, 3.63) is 34.7 Å². The first-order chi connectivity index (χ1) is 9.22. The molecule has 0 bridgehead atoms. The molecule has 1 saturated carbocycles. The minimum Gasteiger partial charge on any atom is -0.382 e. The number of nitrogens with zero attached hydrogens (tertiary/aromatic N) is 1. The van der Waals surface area contributed by atoms with E-state index in [1.807, 2.05) is 0 Å². The van der Waals surface area contributed by atoms with Gasteiger partial charge in [-0.3, -0.25) is 0 Å². The second-order valence-corrected chi connectivity index (χ2v) is 6.55. The first-order valence-electron chi connectivity index (χ1n) is 7.01. The molecule has 0 aliphatic heterocycles. The van der Waals surface area contributed by atoms with Gasteiger partial charge in [0, 0.05) is 22.7 Å². The van der Waals surface area contributed by atoms with E-state index in [1.165, 1.54) is 30.5 Å². The van der Waals surface area contributed by atoms with Crippen molar-refractivity contribution < 1.29 is 0 Å². The summed E-state index contributed by atoms with van der Waals surface area (Å²) >= 11 is 1.71. The number of rotatable bonds is 3. The van der Waals surface area contributed by atoms with Gasteiger partial charge in [0.2, 0.25) is 0 Å². The molecule has 100 valence electrons. The Balaban J connectivity index is 1.80. The summed E-state index contributed by atoms with van der Waals surface area (Å²) < 4.78 is 0. The zero-order valence-corrected chi connectivity index (χ0v) is 12.3. The average Bonchev–Trinajstić information content (AvgIpc) is 3.00. The standard InChI is InChI=1S/C16H20N2S/c1-11-5-3-8-15(11)18-14-7-4-6-13(9-14)16-10-19-12(2)17-16/h4,6-7,9-11,15,18H,3,5,8H2,1-2H3. The fourth-order valence-corrected chi connectivity index (χ4v) is 3.46. The van der Waals surface area contributed by atoms with Crippen molar-refractivity contribution in [1.29, 1.82) is 0 Å². The van der Waals surface area contributed by atoms with Gasteiger partial charge in [0.1, 0.15) is 0 Å². The number of aromatic nitrogens is 1. The van der Waals surface area contributed by atoms with E-state index in [4.69, 9.17) is 0 Å². The van der Waals surface area contributed by atoms with Crippen LogP contribution in [0.2, 0.25) is 0 Å². The Morgan fingerprint density at radius 1 is 1.32 bits per heavy atom. The van der Waals surface area contributed by atoms with Crippen LogP contribution in [0.15, 0.2) is 29.6 Å². The third-order valence-corrected chi connectivity index (χ3v) is 4.76. The SMILES string of the molecule is Cc1nc(-c2cccc(NC3CCCC3C)c2)cs1. The van der Waals surface area contributed by atoms with Crippen LogP contribution >= 0.6 is 11.3 Å². The predicted octanol–water partition coefficient (Wildman–Crippen LogP) is 4.72. The first-order valence-corrected chi connectivity index (χ1v) is 7.89. The van der Waals surface area contributed by atoms with Crippen LogP contribution in [0.5, 0.6) is 0 Å². The number of aryl methyl sites for hydroxylation is 1. The smallest absolute Gasteiger partial charge is 0.0901 e. The number of benzene rings is 1. The number of nitrogens with one attached hydrogen (secondary N) is 1. The predicted molar refractivity (Wildman–Crippen MR) is 82.7 cm³/mol. The molecule has 1 aliphatic rings. The summed E-state index contributed by atoms with van der Waals surface area (Å²) in [4.78, 5) is 4.56. The van der Waals surface area contributed by atoms with Crippen molar-refractivity contribution in [2.24, 2.45) is 5.92 Å². The Morgan fingerprint density at radius 2 is 2.21 bits per heavy atom. The van der Waals surface area contributed by atoms with Crippen molar-refractivity contribution in [2.75, 3.05) is 5.32 Å². The lowest BCUT2D eigenvalue weighted by molar-refractivity contribution is 0.556. The highest BCUT2D eigenvalue weighted by Gasteiger charge is 2.22. The normalized spacial score (nSPS) is 22.6. The molecular formula is C16H20N2S. The van der Waals surface area contributed by atoms with Gasteiger partial charge in [-0.1, -0.05) is 25.5 Å². The lowest BCUT2D eigenvalue weighted by Crippen LogP contribution is -2.21.